The molecule has 10 heteroatoms. The second-order valence-corrected chi connectivity index (χ2v) is 9.22. The Morgan fingerprint density at radius 2 is 1.50 bits per heavy atom. The number of rotatable bonds is 6. The summed E-state index contributed by atoms with van der Waals surface area (Å²) in [6, 6.07) is 20.0. The Hall–Kier alpha value is -3.63. The predicted molar refractivity (Wildman–Crippen MR) is 127 cm³/mol. The van der Waals surface area contributed by atoms with E-state index >= 15 is 0 Å². The van der Waals surface area contributed by atoms with Crippen LogP contribution in [0.4, 0.5) is 17.3 Å². The summed E-state index contributed by atoms with van der Waals surface area (Å²) in [7, 11) is -4.00. The fourth-order valence-electron chi connectivity index (χ4n) is 3.42. The maximum atomic E-state index is 13.3. The van der Waals surface area contributed by atoms with Gasteiger partial charge in [-0.15, -0.1) is 0 Å². The molecule has 0 spiro atoms. The molecule has 0 unspecified atom stereocenters. The number of nitrogens with one attached hydrogen (secondary N) is 2. The first-order valence-corrected chi connectivity index (χ1v) is 12.1. The van der Waals surface area contributed by atoms with Crippen LogP contribution < -0.4 is 10.0 Å². The molecule has 0 saturated heterocycles. The highest BCUT2D eigenvalue weighted by molar-refractivity contribution is 7.93. The number of aryl methyl sites for hydroxylation is 1. The number of nitrogens with zero attached hydrogens (tertiary/aromatic N) is 4. The molecular weight excluding hydrogens is 444 g/mol. The van der Waals surface area contributed by atoms with Crippen molar-refractivity contribution < 1.29 is 8.42 Å². The first kappa shape index (κ1) is 20.3. The van der Waals surface area contributed by atoms with Crippen molar-refractivity contribution >= 4 is 61.1 Å². The van der Waals surface area contributed by atoms with Crippen molar-refractivity contribution in [3.05, 3.63) is 72.3 Å². The van der Waals surface area contributed by atoms with Crippen LogP contribution in [0.15, 0.2) is 71.6 Å². The van der Waals surface area contributed by atoms with Crippen molar-refractivity contribution in [2.75, 3.05) is 10.0 Å². The lowest BCUT2D eigenvalue weighted by molar-refractivity contribution is 0.602. The highest BCUT2D eigenvalue weighted by Crippen LogP contribution is 2.30. The van der Waals surface area contributed by atoms with Crippen LogP contribution in [0.25, 0.3) is 22.1 Å². The van der Waals surface area contributed by atoms with Crippen LogP contribution in [-0.4, -0.2) is 27.1 Å². The molecular formula is C22H18N6O2S2. The Balaban J connectivity index is 1.62. The molecule has 0 bridgehead atoms. The number of para-hydroxylation sites is 3. The van der Waals surface area contributed by atoms with Crippen molar-refractivity contribution in [1.82, 2.24) is 18.7 Å². The molecule has 0 aliphatic rings. The summed E-state index contributed by atoms with van der Waals surface area (Å²) in [5.74, 6) is 0.423. The summed E-state index contributed by atoms with van der Waals surface area (Å²) in [4.78, 5) is 9.25. The van der Waals surface area contributed by atoms with Gasteiger partial charge in [0.15, 0.2) is 11.6 Å². The zero-order chi connectivity index (χ0) is 22.1. The molecule has 8 nitrogen and oxygen atoms in total. The highest BCUT2D eigenvalue weighted by atomic mass is 32.2. The second-order valence-electron chi connectivity index (χ2n) is 7.04. The molecule has 160 valence electrons. The fourth-order valence-corrected chi connectivity index (χ4v) is 5.19. The smallest absolute Gasteiger partial charge is 0.265 e. The molecule has 5 rings (SSSR count). The lowest BCUT2D eigenvalue weighted by Crippen LogP contribution is -2.16. The molecule has 0 fully saturated rings. The van der Waals surface area contributed by atoms with E-state index in [1.165, 1.54) is 6.07 Å². The normalized spacial score (nSPS) is 11.7. The van der Waals surface area contributed by atoms with Crippen LogP contribution in [0.1, 0.15) is 12.5 Å². The molecule has 2 heterocycles. The van der Waals surface area contributed by atoms with Gasteiger partial charge in [-0.2, -0.15) is 8.75 Å². The number of sulfonamides is 1. The lowest BCUT2D eigenvalue weighted by Gasteiger charge is -2.15. The molecule has 0 amide bonds. The number of benzene rings is 3. The average molecular weight is 463 g/mol. The largest absolute Gasteiger partial charge is 0.337 e. The minimum atomic E-state index is -4.00. The summed E-state index contributed by atoms with van der Waals surface area (Å²) in [6.45, 7) is 2.05. The number of hydrogen-bond donors (Lipinski definition) is 2. The van der Waals surface area contributed by atoms with E-state index in [9.17, 15) is 8.42 Å². The topological polar surface area (TPSA) is 110 Å². The van der Waals surface area contributed by atoms with E-state index in [0.717, 1.165) is 29.4 Å². The van der Waals surface area contributed by atoms with E-state index in [0.29, 0.717) is 27.9 Å². The third-order valence-electron chi connectivity index (χ3n) is 4.99. The maximum absolute atomic E-state index is 13.3. The Kier molecular flexibility index (Phi) is 5.16. The molecule has 2 aromatic heterocycles. The Labute approximate surface area is 188 Å². The summed E-state index contributed by atoms with van der Waals surface area (Å²) in [5, 5.41) is 3.26. The van der Waals surface area contributed by atoms with Crippen molar-refractivity contribution in [3.8, 4) is 0 Å². The minimum absolute atomic E-state index is 0.0404. The van der Waals surface area contributed by atoms with E-state index in [-0.39, 0.29) is 10.7 Å². The van der Waals surface area contributed by atoms with Gasteiger partial charge < -0.3 is 5.32 Å². The number of hydrogen-bond acceptors (Lipinski definition) is 8. The number of aromatic nitrogens is 4. The average Bonchev–Trinajstić information content (AvgIpc) is 3.28. The van der Waals surface area contributed by atoms with Gasteiger partial charge in [0, 0.05) is 5.69 Å². The molecule has 3 aromatic carbocycles. The van der Waals surface area contributed by atoms with Gasteiger partial charge in [-0.3, -0.25) is 4.72 Å². The predicted octanol–water partition coefficient (Wildman–Crippen LogP) is 4.74. The summed E-state index contributed by atoms with van der Waals surface area (Å²) in [6.07, 6.45) is 0.810. The number of anilines is 3. The quantitative estimate of drug-likeness (QED) is 0.375. The molecule has 2 N–H and O–H groups in total. The van der Waals surface area contributed by atoms with E-state index < -0.39 is 10.0 Å². The summed E-state index contributed by atoms with van der Waals surface area (Å²) >= 11 is 0.968. The van der Waals surface area contributed by atoms with Crippen LogP contribution in [-0.2, 0) is 16.4 Å². The molecule has 0 atom stereocenters. The molecule has 32 heavy (non-hydrogen) atoms. The summed E-state index contributed by atoms with van der Waals surface area (Å²) < 4.78 is 37.5. The van der Waals surface area contributed by atoms with E-state index in [4.69, 9.17) is 0 Å². The van der Waals surface area contributed by atoms with Crippen molar-refractivity contribution in [3.63, 3.8) is 0 Å². The molecule has 0 aliphatic heterocycles. The third-order valence-corrected chi connectivity index (χ3v) is 6.90. The Morgan fingerprint density at radius 3 is 2.28 bits per heavy atom. The van der Waals surface area contributed by atoms with Crippen molar-refractivity contribution in [2.45, 2.75) is 18.2 Å². The van der Waals surface area contributed by atoms with Crippen LogP contribution >= 0.6 is 11.7 Å². The van der Waals surface area contributed by atoms with Gasteiger partial charge in [0.2, 0.25) is 0 Å². The van der Waals surface area contributed by atoms with E-state index in [1.807, 2.05) is 42.5 Å². The molecule has 0 saturated carbocycles. The Bertz CT molecular complexity index is 1550. The molecule has 0 radical (unpaired) electrons. The molecule has 5 aromatic rings. The van der Waals surface area contributed by atoms with Crippen LogP contribution in [0.3, 0.4) is 0 Å². The third kappa shape index (κ3) is 3.74. The highest BCUT2D eigenvalue weighted by Gasteiger charge is 2.23. The standard InChI is InChI=1S/C22H18N6O2S2/c1-2-14-8-3-4-9-15(14)23-21-22(25-17-11-6-5-10-16(17)24-21)28-32(29,30)19-13-7-12-18-20(19)27-31-26-18/h3-13H,2H2,1H3,(H,23,24)(H,25,28). The maximum Gasteiger partial charge on any atom is 0.265 e. The zero-order valence-corrected chi connectivity index (χ0v) is 18.6. The van der Waals surface area contributed by atoms with Crippen molar-refractivity contribution in [1.29, 1.82) is 0 Å². The first-order valence-electron chi connectivity index (χ1n) is 9.91. The minimum Gasteiger partial charge on any atom is -0.337 e. The monoisotopic (exact) mass is 462 g/mol. The van der Waals surface area contributed by atoms with Gasteiger partial charge in [0.1, 0.15) is 15.9 Å². The fraction of sp³-hybridized carbons (Fsp3) is 0.0909. The van der Waals surface area contributed by atoms with Crippen molar-refractivity contribution in [2.24, 2.45) is 0 Å². The van der Waals surface area contributed by atoms with Gasteiger partial charge in [-0.1, -0.05) is 43.3 Å². The van der Waals surface area contributed by atoms with Gasteiger partial charge in [0.25, 0.3) is 10.0 Å². The van der Waals surface area contributed by atoms with E-state index in [2.05, 4.69) is 35.7 Å². The SMILES string of the molecule is CCc1ccccc1Nc1nc2ccccc2nc1NS(=O)(=O)c1cccc2nsnc12. The van der Waals surface area contributed by atoms with Crippen LogP contribution in [0, 0.1) is 0 Å². The van der Waals surface area contributed by atoms with Crippen LogP contribution in [0.2, 0.25) is 0 Å². The van der Waals surface area contributed by atoms with Gasteiger partial charge in [0.05, 0.1) is 22.8 Å². The second kappa shape index (κ2) is 8.13. The Morgan fingerprint density at radius 1 is 0.812 bits per heavy atom. The van der Waals surface area contributed by atoms with Crippen LogP contribution in [0.5, 0.6) is 0 Å². The van der Waals surface area contributed by atoms with Gasteiger partial charge in [-0.05, 0) is 42.3 Å². The lowest BCUT2D eigenvalue weighted by atomic mass is 10.1. The summed E-state index contributed by atoms with van der Waals surface area (Å²) in [5.41, 5.74) is 3.99. The van der Waals surface area contributed by atoms with E-state index in [1.54, 1.807) is 18.2 Å². The first-order chi connectivity index (χ1) is 15.5. The zero-order valence-electron chi connectivity index (χ0n) is 17.0. The van der Waals surface area contributed by atoms with Gasteiger partial charge in [-0.25, -0.2) is 18.4 Å². The molecule has 0 aliphatic carbocycles. The number of fused-ring (bicyclic) bond motifs is 2. The van der Waals surface area contributed by atoms with Gasteiger partial charge >= 0.3 is 0 Å².